The first-order valence-electron chi connectivity index (χ1n) is 3.33. The van der Waals surface area contributed by atoms with Crippen molar-refractivity contribution in [3.8, 4) is 0 Å². The molecular weight excluding hydrogens is 156 g/mol. The van der Waals surface area contributed by atoms with Crippen LogP contribution >= 0.6 is 0 Å². The van der Waals surface area contributed by atoms with Crippen molar-refractivity contribution in [3.05, 3.63) is 28.0 Å². The number of azide groups is 1. The number of nitrogens with zero attached hydrogens (tertiary/aromatic N) is 5. The molecule has 0 bridgehead atoms. The van der Waals surface area contributed by atoms with Crippen LogP contribution in [-0.4, -0.2) is 9.97 Å². The molecule has 0 spiro atoms. The van der Waals surface area contributed by atoms with Gasteiger partial charge in [-0.2, -0.15) is 0 Å². The molecule has 1 aromatic heterocycles. The maximum Gasteiger partial charge on any atom is 0.130 e. The van der Waals surface area contributed by atoms with Crippen molar-refractivity contribution in [3.63, 3.8) is 0 Å². The van der Waals surface area contributed by atoms with Crippen molar-refractivity contribution in [2.75, 3.05) is 5.73 Å². The smallest absolute Gasteiger partial charge is 0.130 e. The topological polar surface area (TPSA) is 101 Å². The van der Waals surface area contributed by atoms with Gasteiger partial charge in [0, 0.05) is 16.7 Å². The van der Waals surface area contributed by atoms with Crippen LogP contribution in [0.25, 0.3) is 10.4 Å². The van der Waals surface area contributed by atoms with Gasteiger partial charge in [-0.1, -0.05) is 5.11 Å². The number of rotatable bonds is 2. The Labute approximate surface area is 69.1 Å². The highest BCUT2D eigenvalue weighted by molar-refractivity contribution is 5.37. The monoisotopic (exact) mass is 164 g/mol. The van der Waals surface area contributed by atoms with E-state index in [1.165, 1.54) is 0 Å². The van der Waals surface area contributed by atoms with Crippen molar-refractivity contribution in [2.45, 2.75) is 13.5 Å². The average molecular weight is 164 g/mol. The van der Waals surface area contributed by atoms with Gasteiger partial charge in [0.15, 0.2) is 0 Å². The van der Waals surface area contributed by atoms with E-state index in [9.17, 15) is 0 Å². The lowest BCUT2D eigenvalue weighted by molar-refractivity contribution is 0.970. The molecule has 2 N–H and O–H groups in total. The number of aromatic nitrogens is 2. The third-order valence-electron chi connectivity index (χ3n) is 1.32. The van der Waals surface area contributed by atoms with Crippen LogP contribution in [0, 0.1) is 6.92 Å². The van der Waals surface area contributed by atoms with Crippen LogP contribution in [0.1, 0.15) is 11.4 Å². The van der Waals surface area contributed by atoms with Crippen molar-refractivity contribution < 1.29 is 0 Å². The molecule has 6 nitrogen and oxygen atoms in total. The van der Waals surface area contributed by atoms with Crippen LogP contribution in [0.5, 0.6) is 0 Å². The van der Waals surface area contributed by atoms with Gasteiger partial charge in [-0.3, -0.25) is 0 Å². The third-order valence-corrected chi connectivity index (χ3v) is 1.32. The van der Waals surface area contributed by atoms with Crippen LogP contribution in [-0.2, 0) is 6.54 Å². The van der Waals surface area contributed by atoms with Crippen molar-refractivity contribution in [1.29, 1.82) is 0 Å². The molecule has 0 aliphatic heterocycles. The van der Waals surface area contributed by atoms with E-state index in [0.29, 0.717) is 17.2 Å². The second-order valence-electron chi connectivity index (χ2n) is 2.22. The Balaban J connectivity index is 2.93. The first-order valence-corrected chi connectivity index (χ1v) is 3.33. The fourth-order valence-electron chi connectivity index (χ4n) is 0.742. The number of nitrogens with two attached hydrogens (primary N) is 1. The Hall–Kier alpha value is -1.81. The van der Waals surface area contributed by atoms with Gasteiger partial charge >= 0.3 is 0 Å². The highest BCUT2D eigenvalue weighted by atomic mass is 15.1. The van der Waals surface area contributed by atoms with E-state index in [1.807, 2.05) is 0 Å². The van der Waals surface area contributed by atoms with Gasteiger partial charge in [0.2, 0.25) is 0 Å². The molecule has 0 unspecified atom stereocenters. The summed E-state index contributed by atoms with van der Waals surface area (Å²) in [7, 11) is 0. The predicted molar refractivity (Wildman–Crippen MR) is 44.0 cm³/mol. The molecule has 0 amide bonds. The summed E-state index contributed by atoms with van der Waals surface area (Å²) < 4.78 is 0. The molecule has 1 heterocycles. The zero-order valence-corrected chi connectivity index (χ0v) is 6.60. The van der Waals surface area contributed by atoms with E-state index in [1.54, 1.807) is 13.1 Å². The van der Waals surface area contributed by atoms with Gasteiger partial charge < -0.3 is 5.73 Å². The van der Waals surface area contributed by atoms with Gasteiger partial charge in [0.1, 0.15) is 11.6 Å². The van der Waals surface area contributed by atoms with Gasteiger partial charge in [0.25, 0.3) is 0 Å². The first kappa shape index (κ1) is 8.29. The summed E-state index contributed by atoms with van der Waals surface area (Å²) in [6, 6.07) is 0. The Bertz CT molecular complexity index is 327. The van der Waals surface area contributed by atoms with Gasteiger partial charge in [0.05, 0.1) is 6.54 Å². The molecule has 1 rings (SSSR count). The van der Waals surface area contributed by atoms with E-state index >= 15 is 0 Å². The highest BCUT2D eigenvalue weighted by Gasteiger charge is 1.99. The molecule has 1 aromatic rings. The summed E-state index contributed by atoms with van der Waals surface area (Å²) in [5.41, 5.74) is 14.2. The number of nitrogen functional groups attached to an aromatic ring is 1. The van der Waals surface area contributed by atoms with E-state index in [0.717, 1.165) is 0 Å². The highest BCUT2D eigenvalue weighted by Crippen LogP contribution is 2.07. The molecule has 0 saturated carbocycles. The molecule has 0 aliphatic rings. The minimum Gasteiger partial charge on any atom is -0.383 e. The Morgan fingerprint density at radius 1 is 1.75 bits per heavy atom. The molecule has 0 saturated heterocycles. The molecule has 62 valence electrons. The second-order valence-corrected chi connectivity index (χ2v) is 2.22. The SMILES string of the molecule is Cc1ncc(CN=[N+]=[N-])c(N)n1. The van der Waals surface area contributed by atoms with Crippen LogP contribution in [0.4, 0.5) is 5.82 Å². The number of hydrogen-bond acceptors (Lipinski definition) is 4. The lowest BCUT2D eigenvalue weighted by Gasteiger charge is -1.99. The number of hydrogen-bond donors (Lipinski definition) is 1. The maximum atomic E-state index is 8.05. The molecule has 0 aliphatic carbocycles. The van der Waals surface area contributed by atoms with Crippen LogP contribution < -0.4 is 5.73 Å². The summed E-state index contributed by atoms with van der Waals surface area (Å²) in [5.74, 6) is 0.979. The minimum atomic E-state index is 0.197. The van der Waals surface area contributed by atoms with E-state index in [2.05, 4.69) is 20.0 Å². The van der Waals surface area contributed by atoms with Crippen LogP contribution in [0.15, 0.2) is 11.3 Å². The Morgan fingerprint density at radius 2 is 2.50 bits per heavy atom. The van der Waals surface area contributed by atoms with Crippen molar-refractivity contribution in [1.82, 2.24) is 9.97 Å². The average Bonchev–Trinajstić information content (AvgIpc) is 2.03. The quantitative estimate of drug-likeness (QED) is 0.403. The van der Waals surface area contributed by atoms with Crippen LogP contribution in [0.3, 0.4) is 0 Å². The van der Waals surface area contributed by atoms with Crippen LogP contribution in [0.2, 0.25) is 0 Å². The Kier molecular flexibility index (Phi) is 2.45. The van der Waals surface area contributed by atoms with E-state index in [4.69, 9.17) is 11.3 Å². The van der Waals surface area contributed by atoms with Gasteiger partial charge in [-0.05, 0) is 12.5 Å². The fraction of sp³-hybridized carbons (Fsp3) is 0.333. The zero-order chi connectivity index (χ0) is 8.97. The summed E-state index contributed by atoms with van der Waals surface area (Å²) >= 11 is 0. The zero-order valence-electron chi connectivity index (χ0n) is 6.60. The van der Waals surface area contributed by atoms with Crippen molar-refractivity contribution >= 4 is 5.82 Å². The summed E-state index contributed by atoms with van der Waals surface area (Å²) in [6.45, 7) is 1.94. The molecule has 0 atom stereocenters. The van der Waals surface area contributed by atoms with Gasteiger partial charge in [-0.15, -0.1) is 0 Å². The lowest BCUT2D eigenvalue weighted by Crippen LogP contribution is -2.00. The standard InChI is InChI=1S/C6H8N6/c1-4-9-2-5(3-10-12-8)6(7)11-4/h2H,3H2,1H3,(H2,7,9,11). The first-order chi connectivity index (χ1) is 5.74. The van der Waals surface area contributed by atoms with Crippen molar-refractivity contribution in [2.24, 2.45) is 5.11 Å². The molecule has 12 heavy (non-hydrogen) atoms. The lowest BCUT2D eigenvalue weighted by atomic mass is 10.3. The van der Waals surface area contributed by atoms with Gasteiger partial charge in [-0.25, -0.2) is 9.97 Å². The Morgan fingerprint density at radius 3 is 3.08 bits per heavy atom. The molecule has 0 fully saturated rings. The summed E-state index contributed by atoms with van der Waals surface area (Å²) in [6.07, 6.45) is 1.56. The third kappa shape index (κ3) is 1.83. The second kappa shape index (κ2) is 3.54. The van der Waals surface area contributed by atoms with E-state index in [-0.39, 0.29) is 6.54 Å². The molecule has 6 heteroatoms. The minimum absolute atomic E-state index is 0.197. The molecule has 0 aromatic carbocycles. The largest absolute Gasteiger partial charge is 0.383 e. The summed E-state index contributed by atoms with van der Waals surface area (Å²) in [5, 5.41) is 3.35. The molecule has 0 radical (unpaired) electrons. The fourth-order valence-corrected chi connectivity index (χ4v) is 0.742. The normalized spacial score (nSPS) is 9.08. The maximum absolute atomic E-state index is 8.05. The number of anilines is 1. The molecular formula is C6H8N6. The van der Waals surface area contributed by atoms with E-state index < -0.39 is 0 Å². The number of aryl methyl sites for hydroxylation is 1. The predicted octanol–water partition coefficient (Wildman–Crippen LogP) is 1.18. The summed E-state index contributed by atoms with van der Waals surface area (Å²) in [4.78, 5) is 10.4.